The Kier molecular flexibility index (Phi) is 7.93. The lowest BCUT2D eigenvalue weighted by Gasteiger charge is -2.41. The number of hydrogen-bond acceptors (Lipinski definition) is 10. The molecule has 9 atom stereocenters. The standard InChI is InChI=1S/C19H28O10/c20-11-8-27-18(16(24)13(11)21)28-9-12-14(22)15(23)17(25)19(29-12)26-7-6-10-4-2-1-3-5-10/h1-5,11-25H,6-9H2/t11-,12+,13-,14+,15-,16-,17+,18+,19+/m1/s1. The van der Waals surface area contributed by atoms with Crippen LogP contribution in [-0.2, 0) is 25.4 Å². The minimum absolute atomic E-state index is 0.219. The molecule has 10 heteroatoms. The highest BCUT2D eigenvalue weighted by Crippen LogP contribution is 2.24. The lowest BCUT2D eigenvalue weighted by atomic mass is 9.99. The summed E-state index contributed by atoms with van der Waals surface area (Å²) >= 11 is 0. The second-order valence-electron chi connectivity index (χ2n) is 7.20. The number of rotatable bonds is 7. The molecule has 1 aromatic carbocycles. The van der Waals surface area contributed by atoms with Crippen LogP contribution in [-0.4, -0.2) is 106 Å². The van der Waals surface area contributed by atoms with Gasteiger partial charge in [-0.05, 0) is 12.0 Å². The van der Waals surface area contributed by atoms with Crippen molar-refractivity contribution in [2.75, 3.05) is 19.8 Å². The fourth-order valence-corrected chi connectivity index (χ4v) is 3.25. The van der Waals surface area contributed by atoms with Crippen LogP contribution in [0.5, 0.6) is 0 Å². The minimum Gasteiger partial charge on any atom is -0.388 e. The summed E-state index contributed by atoms with van der Waals surface area (Å²) < 4.78 is 21.6. The maximum absolute atomic E-state index is 10.2. The molecule has 10 nitrogen and oxygen atoms in total. The second-order valence-corrected chi connectivity index (χ2v) is 7.20. The van der Waals surface area contributed by atoms with Gasteiger partial charge in [0.2, 0.25) is 0 Å². The molecular weight excluding hydrogens is 388 g/mol. The molecule has 29 heavy (non-hydrogen) atoms. The zero-order valence-corrected chi connectivity index (χ0v) is 15.7. The molecule has 0 saturated carbocycles. The van der Waals surface area contributed by atoms with Crippen molar-refractivity contribution in [3.63, 3.8) is 0 Å². The second kappa shape index (κ2) is 10.2. The third-order valence-electron chi connectivity index (χ3n) is 5.06. The molecule has 2 heterocycles. The number of aliphatic hydroxyl groups excluding tert-OH is 6. The molecule has 0 spiro atoms. The van der Waals surface area contributed by atoms with E-state index in [0.29, 0.717) is 6.42 Å². The summed E-state index contributed by atoms with van der Waals surface area (Å²) in [4.78, 5) is 0. The minimum atomic E-state index is -1.52. The molecule has 3 rings (SSSR count). The van der Waals surface area contributed by atoms with E-state index in [2.05, 4.69) is 0 Å². The molecular formula is C19H28O10. The number of aliphatic hydroxyl groups is 6. The van der Waals surface area contributed by atoms with Crippen LogP contribution in [0.4, 0.5) is 0 Å². The summed E-state index contributed by atoms with van der Waals surface area (Å²) in [5.41, 5.74) is 1.03. The van der Waals surface area contributed by atoms with Crippen molar-refractivity contribution in [2.24, 2.45) is 0 Å². The smallest absolute Gasteiger partial charge is 0.186 e. The van der Waals surface area contributed by atoms with Gasteiger partial charge in [-0.3, -0.25) is 0 Å². The Balaban J connectivity index is 1.51. The van der Waals surface area contributed by atoms with Crippen molar-refractivity contribution in [2.45, 2.75) is 61.7 Å². The topological polar surface area (TPSA) is 158 Å². The summed E-state index contributed by atoms with van der Waals surface area (Å²) in [6.07, 6.45) is -11.5. The summed E-state index contributed by atoms with van der Waals surface area (Å²) in [5, 5.41) is 59.4. The molecule has 0 unspecified atom stereocenters. The summed E-state index contributed by atoms with van der Waals surface area (Å²) in [7, 11) is 0. The van der Waals surface area contributed by atoms with Crippen LogP contribution in [0, 0.1) is 0 Å². The molecule has 0 bridgehead atoms. The maximum atomic E-state index is 10.2. The zero-order valence-electron chi connectivity index (χ0n) is 15.7. The first-order valence-electron chi connectivity index (χ1n) is 9.51. The summed E-state index contributed by atoms with van der Waals surface area (Å²) in [5.74, 6) is 0. The molecule has 0 aliphatic carbocycles. The molecule has 6 N–H and O–H groups in total. The summed E-state index contributed by atoms with van der Waals surface area (Å²) in [6.45, 7) is -0.325. The van der Waals surface area contributed by atoms with E-state index >= 15 is 0 Å². The Labute approximate surface area is 167 Å². The molecule has 0 amide bonds. The van der Waals surface area contributed by atoms with Gasteiger partial charge in [0, 0.05) is 0 Å². The quantitative estimate of drug-likeness (QED) is 0.281. The van der Waals surface area contributed by atoms with Crippen LogP contribution in [0.1, 0.15) is 5.56 Å². The lowest BCUT2D eigenvalue weighted by molar-refractivity contribution is -0.320. The third-order valence-corrected chi connectivity index (χ3v) is 5.06. The Morgan fingerprint density at radius 1 is 0.793 bits per heavy atom. The van der Waals surface area contributed by atoms with Crippen LogP contribution in [0.15, 0.2) is 30.3 Å². The highest BCUT2D eigenvalue weighted by Gasteiger charge is 2.45. The van der Waals surface area contributed by atoms with Gasteiger partial charge in [-0.2, -0.15) is 0 Å². The van der Waals surface area contributed by atoms with Crippen LogP contribution >= 0.6 is 0 Å². The van der Waals surface area contributed by atoms with Gasteiger partial charge >= 0.3 is 0 Å². The van der Waals surface area contributed by atoms with Crippen molar-refractivity contribution in [1.29, 1.82) is 0 Å². The average molecular weight is 416 g/mol. The van der Waals surface area contributed by atoms with Gasteiger partial charge in [0.1, 0.15) is 42.7 Å². The Bertz CT molecular complexity index is 616. The van der Waals surface area contributed by atoms with E-state index in [1.54, 1.807) is 0 Å². The lowest BCUT2D eigenvalue weighted by Crippen LogP contribution is -2.60. The highest BCUT2D eigenvalue weighted by molar-refractivity contribution is 5.14. The van der Waals surface area contributed by atoms with E-state index in [0.717, 1.165) is 5.56 Å². The molecule has 2 aliphatic heterocycles. The molecule has 2 fully saturated rings. The number of ether oxygens (including phenoxy) is 4. The zero-order chi connectivity index (χ0) is 21.0. The predicted octanol–water partition coefficient (Wildman–Crippen LogP) is -2.49. The van der Waals surface area contributed by atoms with Gasteiger partial charge < -0.3 is 49.6 Å². The monoisotopic (exact) mass is 416 g/mol. The van der Waals surface area contributed by atoms with E-state index < -0.39 is 55.3 Å². The Morgan fingerprint density at radius 2 is 1.48 bits per heavy atom. The molecule has 2 aliphatic rings. The van der Waals surface area contributed by atoms with Gasteiger partial charge in [-0.25, -0.2) is 0 Å². The Hall–Kier alpha value is -1.18. The van der Waals surface area contributed by atoms with E-state index in [9.17, 15) is 30.6 Å². The SMILES string of the molecule is O[C@H]1[C@H](O)[C@@H](OCCc2ccccc2)O[C@@H](CO[C@@H]2OC[C@@H](O)[C@@H](O)[C@H]2O)[C@@H]1O. The van der Waals surface area contributed by atoms with Crippen molar-refractivity contribution in [3.05, 3.63) is 35.9 Å². The van der Waals surface area contributed by atoms with Gasteiger partial charge in [-0.15, -0.1) is 0 Å². The van der Waals surface area contributed by atoms with Gasteiger partial charge in [0.05, 0.1) is 19.8 Å². The molecule has 2 saturated heterocycles. The normalized spacial score (nSPS) is 40.7. The van der Waals surface area contributed by atoms with Crippen LogP contribution in [0.25, 0.3) is 0 Å². The first kappa shape index (κ1) is 22.5. The van der Waals surface area contributed by atoms with Crippen LogP contribution in [0.3, 0.4) is 0 Å². The van der Waals surface area contributed by atoms with Crippen LogP contribution in [0.2, 0.25) is 0 Å². The van der Waals surface area contributed by atoms with E-state index in [1.165, 1.54) is 0 Å². The molecule has 1 aromatic rings. The van der Waals surface area contributed by atoms with E-state index in [4.69, 9.17) is 18.9 Å². The predicted molar refractivity (Wildman–Crippen MR) is 96.5 cm³/mol. The summed E-state index contributed by atoms with van der Waals surface area (Å²) in [6, 6.07) is 9.54. The van der Waals surface area contributed by atoms with Crippen molar-refractivity contribution < 1.29 is 49.6 Å². The van der Waals surface area contributed by atoms with Crippen molar-refractivity contribution in [1.82, 2.24) is 0 Å². The number of benzene rings is 1. The largest absolute Gasteiger partial charge is 0.388 e. The molecule has 164 valence electrons. The fourth-order valence-electron chi connectivity index (χ4n) is 3.25. The van der Waals surface area contributed by atoms with Gasteiger partial charge in [-0.1, -0.05) is 30.3 Å². The van der Waals surface area contributed by atoms with Crippen LogP contribution < -0.4 is 0 Å². The van der Waals surface area contributed by atoms with Gasteiger partial charge in [0.15, 0.2) is 12.6 Å². The highest BCUT2D eigenvalue weighted by atomic mass is 16.7. The molecule has 0 radical (unpaired) electrons. The van der Waals surface area contributed by atoms with Gasteiger partial charge in [0.25, 0.3) is 0 Å². The third kappa shape index (κ3) is 5.50. The maximum Gasteiger partial charge on any atom is 0.186 e. The number of hydrogen-bond donors (Lipinski definition) is 6. The fraction of sp³-hybridized carbons (Fsp3) is 0.684. The van der Waals surface area contributed by atoms with E-state index in [1.807, 2.05) is 30.3 Å². The van der Waals surface area contributed by atoms with E-state index in [-0.39, 0.29) is 19.8 Å². The molecule has 0 aromatic heterocycles. The Morgan fingerprint density at radius 3 is 2.21 bits per heavy atom. The average Bonchev–Trinajstić information content (AvgIpc) is 2.73. The van der Waals surface area contributed by atoms with Crippen molar-refractivity contribution >= 4 is 0 Å². The first-order chi connectivity index (χ1) is 13.9. The van der Waals surface area contributed by atoms with Crippen molar-refractivity contribution in [3.8, 4) is 0 Å². The first-order valence-corrected chi connectivity index (χ1v) is 9.51.